The predicted molar refractivity (Wildman–Crippen MR) is 70.9 cm³/mol. The SMILES string of the molecule is Cc1ccccc1CNc1cccc(CO)c1. The fourth-order valence-electron chi connectivity index (χ4n) is 1.79. The Balaban J connectivity index is 2.05. The van der Waals surface area contributed by atoms with Gasteiger partial charge in [-0.15, -0.1) is 0 Å². The molecular formula is C15H17NO. The van der Waals surface area contributed by atoms with Gasteiger partial charge in [0.25, 0.3) is 0 Å². The van der Waals surface area contributed by atoms with Gasteiger partial charge in [0.15, 0.2) is 0 Å². The lowest BCUT2D eigenvalue weighted by Gasteiger charge is -2.09. The van der Waals surface area contributed by atoms with Crippen LogP contribution < -0.4 is 5.32 Å². The lowest BCUT2D eigenvalue weighted by molar-refractivity contribution is 0.282. The standard InChI is InChI=1S/C15H17NO/c1-12-5-2-3-7-14(12)10-16-15-8-4-6-13(9-15)11-17/h2-9,16-17H,10-11H2,1H3. The molecule has 2 aromatic rings. The second-order valence-electron chi connectivity index (χ2n) is 4.14. The van der Waals surface area contributed by atoms with Crippen molar-refractivity contribution in [1.29, 1.82) is 0 Å². The third-order valence-electron chi connectivity index (χ3n) is 2.85. The van der Waals surface area contributed by atoms with Gasteiger partial charge in [0.1, 0.15) is 0 Å². The topological polar surface area (TPSA) is 32.3 Å². The van der Waals surface area contributed by atoms with Crippen molar-refractivity contribution in [2.75, 3.05) is 5.32 Å². The van der Waals surface area contributed by atoms with E-state index >= 15 is 0 Å². The minimum Gasteiger partial charge on any atom is -0.392 e. The fourth-order valence-corrected chi connectivity index (χ4v) is 1.79. The highest BCUT2D eigenvalue weighted by Crippen LogP contribution is 2.13. The molecule has 2 aromatic carbocycles. The second kappa shape index (κ2) is 5.51. The third-order valence-corrected chi connectivity index (χ3v) is 2.85. The second-order valence-corrected chi connectivity index (χ2v) is 4.14. The van der Waals surface area contributed by atoms with E-state index in [-0.39, 0.29) is 6.61 Å². The Kier molecular flexibility index (Phi) is 3.78. The van der Waals surface area contributed by atoms with Crippen LogP contribution in [0, 0.1) is 6.92 Å². The summed E-state index contributed by atoms with van der Waals surface area (Å²) < 4.78 is 0. The van der Waals surface area contributed by atoms with Crippen molar-refractivity contribution in [3.63, 3.8) is 0 Å². The summed E-state index contributed by atoms with van der Waals surface area (Å²) in [6.07, 6.45) is 0. The first-order valence-electron chi connectivity index (χ1n) is 5.78. The highest BCUT2D eigenvalue weighted by molar-refractivity contribution is 5.46. The Labute approximate surface area is 102 Å². The van der Waals surface area contributed by atoms with E-state index in [0.717, 1.165) is 17.8 Å². The van der Waals surface area contributed by atoms with Gasteiger partial charge < -0.3 is 10.4 Å². The van der Waals surface area contributed by atoms with Gasteiger partial charge in [-0.25, -0.2) is 0 Å². The molecule has 0 atom stereocenters. The Morgan fingerprint density at radius 1 is 1.06 bits per heavy atom. The summed E-state index contributed by atoms with van der Waals surface area (Å²) in [5.41, 5.74) is 4.56. The number of anilines is 1. The van der Waals surface area contributed by atoms with Crippen molar-refractivity contribution < 1.29 is 5.11 Å². The smallest absolute Gasteiger partial charge is 0.0682 e. The number of nitrogens with one attached hydrogen (secondary N) is 1. The van der Waals surface area contributed by atoms with Crippen molar-refractivity contribution in [3.05, 3.63) is 65.2 Å². The van der Waals surface area contributed by atoms with Crippen molar-refractivity contribution in [2.24, 2.45) is 0 Å². The molecule has 0 radical (unpaired) electrons. The summed E-state index contributed by atoms with van der Waals surface area (Å²) in [4.78, 5) is 0. The van der Waals surface area contributed by atoms with Gasteiger partial charge in [-0.1, -0.05) is 36.4 Å². The average Bonchev–Trinajstić information content (AvgIpc) is 2.38. The van der Waals surface area contributed by atoms with E-state index in [4.69, 9.17) is 5.11 Å². The summed E-state index contributed by atoms with van der Waals surface area (Å²) in [6, 6.07) is 16.2. The van der Waals surface area contributed by atoms with Gasteiger partial charge in [-0.3, -0.25) is 0 Å². The fraction of sp³-hybridized carbons (Fsp3) is 0.200. The van der Waals surface area contributed by atoms with Crippen molar-refractivity contribution in [3.8, 4) is 0 Å². The predicted octanol–water partition coefficient (Wildman–Crippen LogP) is 3.10. The molecule has 2 N–H and O–H groups in total. The van der Waals surface area contributed by atoms with Gasteiger partial charge in [0.05, 0.1) is 6.61 Å². The van der Waals surface area contributed by atoms with E-state index in [1.54, 1.807) is 0 Å². The molecule has 2 heteroatoms. The Morgan fingerprint density at radius 2 is 1.88 bits per heavy atom. The number of aliphatic hydroxyl groups excluding tert-OH is 1. The Bertz CT molecular complexity index is 494. The highest BCUT2D eigenvalue weighted by atomic mass is 16.3. The number of hydrogen-bond acceptors (Lipinski definition) is 2. The highest BCUT2D eigenvalue weighted by Gasteiger charge is 1.98. The van der Waals surface area contributed by atoms with Gasteiger partial charge in [0, 0.05) is 12.2 Å². The van der Waals surface area contributed by atoms with E-state index in [9.17, 15) is 0 Å². The molecule has 0 amide bonds. The van der Waals surface area contributed by atoms with E-state index in [0.29, 0.717) is 0 Å². The summed E-state index contributed by atoms with van der Waals surface area (Å²) in [5.74, 6) is 0. The van der Waals surface area contributed by atoms with E-state index in [1.807, 2.05) is 36.4 Å². The lowest BCUT2D eigenvalue weighted by Crippen LogP contribution is -2.01. The van der Waals surface area contributed by atoms with Crippen molar-refractivity contribution in [2.45, 2.75) is 20.1 Å². The minimum absolute atomic E-state index is 0.0832. The minimum atomic E-state index is 0.0832. The maximum atomic E-state index is 9.06. The lowest BCUT2D eigenvalue weighted by atomic mass is 10.1. The Morgan fingerprint density at radius 3 is 2.65 bits per heavy atom. The van der Waals surface area contributed by atoms with Gasteiger partial charge >= 0.3 is 0 Å². The monoisotopic (exact) mass is 227 g/mol. The van der Waals surface area contributed by atoms with Crippen LogP contribution >= 0.6 is 0 Å². The van der Waals surface area contributed by atoms with E-state index < -0.39 is 0 Å². The molecule has 88 valence electrons. The molecule has 0 fully saturated rings. The summed E-state index contributed by atoms with van der Waals surface area (Å²) >= 11 is 0. The molecule has 0 saturated carbocycles. The molecule has 2 rings (SSSR count). The zero-order valence-corrected chi connectivity index (χ0v) is 9.98. The molecule has 0 spiro atoms. The van der Waals surface area contributed by atoms with Crippen LogP contribution in [0.4, 0.5) is 5.69 Å². The number of aryl methyl sites for hydroxylation is 1. The molecule has 0 saturated heterocycles. The molecule has 0 aromatic heterocycles. The molecular weight excluding hydrogens is 210 g/mol. The maximum absolute atomic E-state index is 9.06. The van der Waals surface area contributed by atoms with Crippen LogP contribution in [0.3, 0.4) is 0 Å². The molecule has 0 unspecified atom stereocenters. The number of benzene rings is 2. The maximum Gasteiger partial charge on any atom is 0.0682 e. The van der Waals surface area contributed by atoms with Gasteiger partial charge in [0.2, 0.25) is 0 Å². The molecule has 2 nitrogen and oxygen atoms in total. The van der Waals surface area contributed by atoms with Crippen LogP contribution in [-0.2, 0) is 13.2 Å². The van der Waals surface area contributed by atoms with Crippen LogP contribution in [0.1, 0.15) is 16.7 Å². The zero-order valence-electron chi connectivity index (χ0n) is 9.98. The first kappa shape index (κ1) is 11.7. The van der Waals surface area contributed by atoms with Gasteiger partial charge in [-0.05, 0) is 35.7 Å². The largest absolute Gasteiger partial charge is 0.392 e. The Hall–Kier alpha value is -1.80. The normalized spacial score (nSPS) is 10.2. The first-order chi connectivity index (χ1) is 8.29. The van der Waals surface area contributed by atoms with Crippen LogP contribution in [0.25, 0.3) is 0 Å². The van der Waals surface area contributed by atoms with Crippen LogP contribution in [0.15, 0.2) is 48.5 Å². The molecule has 0 aliphatic heterocycles. The summed E-state index contributed by atoms with van der Waals surface area (Å²) in [7, 11) is 0. The average molecular weight is 227 g/mol. The molecule has 0 bridgehead atoms. The molecule has 17 heavy (non-hydrogen) atoms. The molecule has 0 aliphatic carbocycles. The molecule has 0 aliphatic rings. The van der Waals surface area contributed by atoms with Crippen molar-refractivity contribution >= 4 is 5.69 Å². The quantitative estimate of drug-likeness (QED) is 0.841. The number of hydrogen-bond donors (Lipinski definition) is 2. The first-order valence-corrected chi connectivity index (χ1v) is 5.78. The summed E-state index contributed by atoms with van der Waals surface area (Å²) in [5, 5.41) is 12.4. The van der Waals surface area contributed by atoms with Crippen LogP contribution in [-0.4, -0.2) is 5.11 Å². The number of rotatable bonds is 4. The molecule has 0 heterocycles. The van der Waals surface area contributed by atoms with E-state index in [2.05, 4.69) is 24.4 Å². The third kappa shape index (κ3) is 3.08. The summed E-state index contributed by atoms with van der Waals surface area (Å²) in [6.45, 7) is 3.00. The number of aliphatic hydroxyl groups is 1. The van der Waals surface area contributed by atoms with Gasteiger partial charge in [-0.2, -0.15) is 0 Å². The van der Waals surface area contributed by atoms with Crippen molar-refractivity contribution in [1.82, 2.24) is 0 Å². The van der Waals surface area contributed by atoms with Crippen LogP contribution in [0.5, 0.6) is 0 Å². The zero-order chi connectivity index (χ0) is 12.1. The van der Waals surface area contributed by atoms with Crippen LogP contribution in [0.2, 0.25) is 0 Å². The van der Waals surface area contributed by atoms with E-state index in [1.165, 1.54) is 11.1 Å².